The van der Waals surface area contributed by atoms with Gasteiger partial charge < -0.3 is 24.5 Å². The molecule has 2 aromatic rings. The predicted octanol–water partition coefficient (Wildman–Crippen LogP) is 1.64. The van der Waals surface area contributed by atoms with Gasteiger partial charge in [0.15, 0.2) is 11.5 Å². The average molecular weight is 439 g/mol. The van der Waals surface area contributed by atoms with Crippen molar-refractivity contribution in [3.8, 4) is 11.5 Å². The van der Waals surface area contributed by atoms with Crippen molar-refractivity contribution in [1.82, 2.24) is 13.9 Å². The lowest BCUT2D eigenvalue weighted by Crippen LogP contribution is -2.49. The number of rotatable bonds is 8. The zero-order valence-corrected chi connectivity index (χ0v) is 18.0. The second-order valence-corrected chi connectivity index (χ2v) is 8.56. The lowest BCUT2D eigenvalue weighted by molar-refractivity contribution is -0.388. The fourth-order valence-electron chi connectivity index (χ4n) is 3.39. The van der Waals surface area contributed by atoms with E-state index in [0.717, 1.165) is 0 Å². The largest absolute Gasteiger partial charge is 0.490 e. The molecule has 0 saturated carbocycles. The molecule has 12 heteroatoms. The van der Waals surface area contributed by atoms with E-state index in [1.54, 1.807) is 22.6 Å². The van der Waals surface area contributed by atoms with Crippen LogP contribution < -0.4 is 14.4 Å². The van der Waals surface area contributed by atoms with E-state index in [9.17, 15) is 18.5 Å². The van der Waals surface area contributed by atoms with Crippen LogP contribution in [-0.4, -0.2) is 66.6 Å². The van der Waals surface area contributed by atoms with E-state index in [2.05, 4.69) is 4.98 Å². The van der Waals surface area contributed by atoms with Crippen molar-refractivity contribution in [3.05, 3.63) is 34.6 Å². The molecule has 0 atom stereocenters. The zero-order chi connectivity index (χ0) is 21.9. The highest BCUT2D eigenvalue weighted by Crippen LogP contribution is 2.32. The second-order valence-electron chi connectivity index (χ2n) is 6.63. The summed E-state index contributed by atoms with van der Waals surface area (Å²) in [5.74, 6) is 1.01. The van der Waals surface area contributed by atoms with Gasteiger partial charge in [-0.25, -0.2) is 8.42 Å². The number of nitro groups is 1. The quantitative estimate of drug-likeness (QED) is 0.450. The maximum Gasteiger partial charge on any atom is 0.406 e. The number of benzene rings is 1. The highest BCUT2D eigenvalue weighted by molar-refractivity contribution is 7.89. The number of piperazine rings is 1. The van der Waals surface area contributed by atoms with Crippen LogP contribution in [-0.2, 0) is 17.1 Å². The van der Waals surface area contributed by atoms with Gasteiger partial charge in [0.2, 0.25) is 22.2 Å². The summed E-state index contributed by atoms with van der Waals surface area (Å²) in [6.07, 6.45) is 1.38. The maximum atomic E-state index is 13.1. The number of aromatic nitrogens is 2. The Morgan fingerprint density at radius 3 is 2.33 bits per heavy atom. The van der Waals surface area contributed by atoms with Crippen molar-refractivity contribution in [1.29, 1.82) is 0 Å². The molecule has 0 aliphatic carbocycles. The van der Waals surface area contributed by atoms with Crippen LogP contribution >= 0.6 is 0 Å². The Bertz CT molecular complexity index is 1010. The van der Waals surface area contributed by atoms with Crippen LogP contribution in [0.2, 0.25) is 0 Å². The normalized spacial score (nSPS) is 15.2. The summed E-state index contributed by atoms with van der Waals surface area (Å²) in [4.78, 5) is 16.4. The molecular weight excluding hydrogens is 414 g/mol. The van der Waals surface area contributed by atoms with Gasteiger partial charge in [-0.3, -0.25) is 4.57 Å². The monoisotopic (exact) mass is 439 g/mol. The van der Waals surface area contributed by atoms with Crippen molar-refractivity contribution >= 4 is 21.7 Å². The number of aryl methyl sites for hydroxylation is 1. The minimum absolute atomic E-state index is 0.120. The third kappa shape index (κ3) is 4.19. The summed E-state index contributed by atoms with van der Waals surface area (Å²) in [5, 5.41) is 11.2. The molecule has 2 heterocycles. The first-order chi connectivity index (χ1) is 14.3. The number of sulfonamides is 1. The van der Waals surface area contributed by atoms with Gasteiger partial charge in [-0.05, 0) is 35.9 Å². The fraction of sp³-hybridized carbons (Fsp3) is 0.500. The van der Waals surface area contributed by atoms with Crippen molar-refractivity contribution in [2.24, 2.45) is 7.05 Å². The topological polar surface area (TPSA) is 120 Å². The molecule has 0 amide bonds. The lowest BCUT2D eigenvalue weighted by Gasteiger charge is -2.34. The van der Waals surface area contributed by atoms with E-state index in [1.807, 2.05) is 13.8 Å². The third-order valence-corrected chi connectivity index (χ3v) is 6.65. The van der Waals surface area contributed by atoms with Crippen LogP contribution in [0.25, 0.3) is 0 Å². The zero-order valence-electron chi connectivity index (χ0n) is 17.1. The van der Waals surface area contributed by atoms with Gasteiger partial charge in [-0.15, -0.1) is 0 Å². The predicted molar refractivity (Wildman–Crippen MR) is 110 cm³/mol. The van der Waals surface area contributed by atoms with E-state index in [-0.39, 0.29) is 23.8 Å². The first kappa shape index (κ1) is 21.8. The molecule has 1 aliphatic heterocycles. The van der Waals surface area contributed by atoms with Crippen LogP contribution in [0.5, 0.6) is 11.5 Å². The molecule has 1 fully saturated rings. The number of hydrogen-bond donors (Lipinski definition) is 0. The molecule has 1 aliphatic rings. The number of hydrogen-bond acceptors (Lipinski definition) is 8. The van der Waals surface area contributed by atoms with Crippen LogP contribution in [0.4, 0.5) is 11.6 Å². The van der Waals surface area contributed by atoms with Gasteiger partial charge in [0.05, 0.1) is 18.1 Å². The molecule has 0 unspecified atom stereocenters. The minimum Gasteiger partial charge on any atom is -0.490 e. The van der Waals surface area contributed by atoms with Crippen molar-refractivity contribution in [3.63, 3.8) is 0 Å². The molecule has 1 aromatic heterocycles. The van der Waals surface area contributed by atoms with Crippen LogP contribution in [0, 0.1) is 10.1 Å². The van der Waals surface area contributed by atoms with Crippen molar-refractivity contribution < 1.29 is 22.8 Å². The lowest BCUT2D eigenvalue weighted by atomic mass is 10.3. The average Bonchev–Trinajstić information content (AvgIpc) is 3.11. The van der Waals surface area contributed by atoms with Gasteiger partial charge in [-0.2, -0.15) is 4.31 Å². The smallest absolute Gasteiger partial charge is 0.406 e. The molecule has 30 heavy (non-hydrogen) atoms. The molecule has 1 saturated heterocycles. The summed E-state index contributed by atoms with van der Waals surface area (Å²) in [6, 6.07) is 4.57. The highest BCUT2D eigenvalue weighted by atomic mass is 32.2. The second kappa shape index (κ2) is 8.88. The fourth-order valence-corrected chi connectivity index (χ4v) is 4.82. The number of anilines is 1. The minimum atomic E-state index is -3.75. The van der Waals surface area contributed by atoms with Crippen molar-refractivity contribution in [2.75, 3.05) is 44.3 Å². The summed E-state index contributed by atoms with van der Waals surface area (Å²) < 4.78 is 40.2. The number of ether oxygens (including phenoxy) is 2. The first-order valence-electron chi connectivity index (χ1n) is 9.60. The van der Waals surface area contributed by atoms with E-state index < -0.39 is 14.9 Å². The molecule has 0 radical (unpaired) electrons. The third-order valence-electron chi connectivity index (χ3n) is 4.75. The Morgan fingerprint density at radius 2 is 1.73 bits per heavy atom. The van der Waals surface area contributed by atoms with E-state index >= 15 is 0 Å². The van der Waals surface area contributed by atoms with Crippen LogP contribution in [0.1, 0.15) is 13.8 Å². The molecule has 11 nitrogen and oxygen atoms in total. The summed E-state index contributed by atoms with van der Waals surface area (Å²) >= 11 is 0. The highest BCUT2D eigenvalue weighted by Gasteiger charge is 2.33. The molecule has 0 N–H and O–H groups in total. The molecule has 1 aromatic carbocycles. The summed E-state index contributed by atoms with van der Waals surface area (Å²) in [6.45, 7) is 5.49. The molecule has 3 rings (SSSR count). The Morgan fingerprint density at radius 1 is 1.10 bits per heavy atom. The maximum absolute atomic E-state index is 13.1. The molecule has 0 bridgehead atoms. The van der Waals surface area contributed by atoms with E-state index in [4.69, 9.17) is 9.47 Å². The van der Waals surface area contributed by atoms with Gasteiger partial charge >= 0.3 is 5.82 Å². The summed E-state index contributed by atoms with van der Waals surface area (Å²) in [7, 11) is -2.07. The number of nitrogens with zero attached hydrogens (tertiary/aromatic N) is 5. The number of imidazole rings is 1. The molecule has 0 spiro atoms. The van der Waals surface area contributed by atoms with Gasteiger partial charge in [0, 0.05) is 39.3 Å². The molecular formula is C18H25N5O6S. The van der Waals surface area contributed by atoms with E-state index in [1.165, 1.54) is 22.8 Å². The van der Waals surface area contributed by atoms with Gasteiger partial charge in [0.1, 0.15) is 0 Å². The Hall–Kier alpha value is -2.86. The summed E-state index contributed by atoms with van der Waals surface area (Å²) in [5.41, 5.74) is 0. The van der Waals surface area contributed by atoms with Gasteiger partial charge in [0.25, 0.3) is 0 Å². The molecule has 164 valence electrons. The standard InChI is InChI=1S/C18H25N5O6S/c1-4-28-15-7-6-14(12-16(15)29-5-2)30(26,27)22-10-8-21(9-11-22)18-17(23(24)25)19-13-20(18)3/h6-7,12-13H,4-5,8-11H2,1-3H3. The SMILES string of the molecule is CCOc1ccc(S(=O)(=O)N2CCN(c3c([N+](=O)[O-])ncn3C)CC2)cc1OCC. The Kier molecular flexibility index (Phi) is 6.46. The Balaban J connectivity index is 1.79. The Labute approximate surface area is 175 Å². The van der Waals surface area contributed by atoms with E-state index in [0.29, 0.717) is 43.6 Å². The first-order valence-corrected chi connectivity index (χ1v) is 11.0. The van der Waals surface area contributed by atoms with Gasteiger partial charge in [-0.1, -0.05) is 0 Å². The van der Waals surface area contributed by atoms with Crippen LogP contribution in [0.3, 0.4) is 0 Å². The van der Waals surface area contributed by atoms with Crippen molar-refractivity contribution in [2.45, 2.75) is 18.7 Å². The van der Waals surface area contributed by atoms with Crippen LogP contribution in [0.15, 0.2) is 29.4 Å².